The molecule has 2 aromatic carbocycles. The fourth-order valence-electron chi connectivity index (χ4n) is 5.66. The quantitative estimate of drug-likeness (QED) is 0.371. The van der Waals surface area contributed by atoms with Crippen LogP contribution in [-0.2, 0) is 12.9 Å². The molecule has 2 amide bonds. The number of carbonyl (C=O) groups is 2. The predicted octanol–water partition coefficient (Wildman–Crippen LogP) is 4.44. The Morgan fingerprint density at radius 1 is 1.07 bits per heavy atom. The number of fused-ring (bicyclic) bond motifs is 2. The third kappa shape index (κ3) is 5.37. The fraction of sp³-hybridized carbons (Fsp3) is 0.323. The standard InChI is InChI=1S/C31H32N6O4/c1-19-12-23(22-7-8-27(41-2)32-15-22)14-26-28(19)33-18-34-29(26)36-11-9-20-5-6-21(13-24(20)16-36)30(38)35-25-4-3-10-37(17-25)31(39)40/h5-8,12-15,18,25H,3-4,9-11,16-17H2,1-2H3,(H,35,38)(H,39,40)/t25-/m1/s1/i16T/t16?,25-. The van der Waals surface area contributed by atoms with Gasteiger partial charge >= 0.3 is 6.09 Å². The summed E-state index contributed by atoms with van der Waals surface area (Å²) in [6, 6.07) is 13.1. The van der Waals surface area contributed by atoms with E-state index in [1.165, 1.54) is 11.2 Å². The summed E-state index contributed by atoms with van der Waals surface area (Å²) in [7, 11) is 1.58. The normalized spacial score (nSPS) is 18.9. The zero-order valence-corrected chi connectivity index (χ0v) is 23.0. The lowest BCUT2D eigenvalue weighted by molar-refractivity contribution is 0.0888. The first kappa shape index (κ1) is 25.3. The SMILES string of the molecule is [3H]C1c2cc(C(=O)N[C@@H]3CCCN(C(=O)O)C3)ccc2CCN1c1ncnc2c(C)cc(-c3ccc(OC)nc3)cc12. The number of hydrogen-bond acceptors (Lipinski definition) is 7. The number of ether oxygens (including phenoxy) is 1. The van der Waals surface area contributed by atoms with Gasteiger partial charge in [0.25, 0.3) is 5.91 Å². The monoisotopic (exact) mass is 554 g/mol. The molecule has 210 valence electrons. The maximum Gasteiger partial charge on any atom is 0.407 e. The molecule has 1 unspecified atom stereocenters. The molecule has 0 saturated carbocycles. The molecule has 1 fully saturated rings. The number of piperidine rings is 1. The summed E-state index contributed by atoms with van der Waals surface area (Å²) < 4.78 is 14.4. The van der Waals surface area contributed by atoms with Crippen LogP contribution in [0.15, 0.2) is 55.0 Å². The van der Waals surface area contributed by atoms with Gasteiger partial charge in [-0.3, -0.25) is 4.79 Å². The number of nitrogens with one attached hydrogen (secondary N) is 1. The van der Waals surface area contributed by atoms with E-state index in [2.05, 4.69) is 26.3 Å². The van der Waals surface area contributed by atoms with Crippen LogP contribution in [0.4, 0.5) is 10.6 Å². The van der Waals surface area contributed by atoms with Gasteiger partial charge in [-0.2, -0.15) is 0 Å². The van der Waals surface area contributed by atoms with Crippen molar-refractivity contribution in [3.8, 4) is 17.0 Å². The third-order valence-corrected chi connectivity index (χ3v) is 7.81. The molecule has 2 aromatic heterocycles. The first-order valence-electron chi connectivity index (χ1n) is 14.3. The predicted molar refractivity (Wildman–Crippen MR) is 155 cm³/mol. The Balaban J connectivity index is 1.29. The Morgan fingerprint density at radius 3 is 2.73 bits per heavy atom. The molecule has 0 spiro atoms. The summed E-state index contributed by atoms with van der Waals surface area (Å²) in [6.07, 6.45) is 4.47. The smallest absolute Gasteiger partial charge is 0.407 e. The fourth-order valence-corrected chi connectivity index (χ4v) is 5.66. The molecular weight excluding hydrogens is 520 g/mol. The summed E-state index contributed by atoms with van der Waals surface area (Å²) in [6.45, 7) is 2.58. The minimum absolute atomic E-state index is 0.243. The molecule has 2 atom stereocenters. The van der Waals surface area contributed by atoms with Crippen molar-refractivity contribution < 1.29 is 20.8 Å². The maximum absolute atomic E-state index is 13.2. The maximum atomic E-state index is 13.2. The van der Waals surface area contributed by atoms with Crippen LogP contribution in [-0.4, -0.2) is 69.7 Å². The molecule has 0 bridgehead atoms. The number of carbonyl (C=O) groups excluding carboxylic acids is 1. The number of rotatable bonds is 5. The van der Waals surface area contributed by atoms with Crippen LogP contribution in [0.3, 0.4) is 0 Å². The first-order valence-corrected chi connectivity index (χ1v) is 13.7. The highest BCUT2D eigenvalue weighted by Gasteiger charge is 2.26. The van der Waals surface area contributed by atoms with E-state index in [9.17, 15) is 16.1 Å². The van der Waals surface area contributed by atoms with E-state index in [0.29, 0.717) is 43.2 Å². The molecule has 2 aliphatic heterocycles. The van der Waals surface area contributed by atoms with Gasteiger partial charge in [0.1, 0.15) is 12.1 Å². The first-order chi connectivity index (χ1) is 20.3. The van der Waals surface area contributed by atoms with Crippen LogP contribution < -0.4 is 15.0 Å². The number of hydrogen-bond donors (Lipinski definition) is 2. The van der Waals surface area contributed by atoms with Gasteiger partial charge in [-0.1, -0.05) is 6.07 Å². The largest absolute Gasteiger partial charge is 0.481 e. The molecule has 0 radical (unpaired) electrons. The summed E-state index contributed by atoms with van der Waals surface area (Å²) in [5.41, 5.74) is 5.94. The third-order valence-electron chi connectivity index (χ3n) is 7.81. The number of benzene rings is 2. The van der Waals surface area contributed by atoms with Crippen LogP contribution in [0.25, 0.3) is 22.0 Å². The van der Waals surface area contributed by atoms with Crippen molar-refractivity contribution in [2.75, 3.05) is 31.6 Å². The van der Waals surface area contributed by atoms with E-state index in [4.69, 9.17) is 4.74 Å². The Kier molecular flexibility index (Phi) is 6.80. The molecule has 4 aromatic rings. The van der Waals surface area contributed by atoms with Gasteiger partial charge in [0.2, 0.25) is 5.88 Å². The van der Waals surface area contributed by atoms with Crippen LogP contribution in [0.2, 0.25) is 0 Å². The topological polar surface area (TPSA) is 121 Å². The van der Waals surface area contributed by atoms with Crippen molar-refractivity contribution in [3.05, 3.63) is 77.2 Å². The number of likely N-dealkylation sites (tertiary alicyclic amines) is 1. The molecule has 10 heteroatoms. The molecular formula is C31H32N6O4. The second kappa shape index (κ2) is 11.0. The second-order valence-electron chi connectivity index (χ2n) is 10.5. The summed E-state index contributed by atoms with van der Waals surface area (Å²) in [5.74, 6) is 0.946. The van der Waals surface area contributed by atoms with Crippen molar-refractivity contribution in [2.45, 2.75) is 38.7 Å². The summed E-state index contributed by atoms with van der Waals surface area (Å²) >= 11 is 0. The van der Waals surface area contributed by atoms with Crippen LogP contribution in [0, 0.1) is 6.92 Å². The summed E-state index contributed by atoms with van der Waals surface area (Å²) in [5, 5.41) is 13.2. The van der Waals surface area contributed by atoms with Crippen molar-refractivity contribution in [3.63, 3.8) is 0 Å². The van der Waals surface area contributed by atoms with Gasteiger partial charge in [-0.15, -0.1) is 0 Å². The van der Waals surface area contributed by atoms with Gasteiger partial charge in [0, 0.05) is 61.0 Å². The summed E-state index contributed by atoms with van der Waals surface area (Å²) in [4.78, 5) is 41.4. The number of nitrogens with zero attached hydrogens (tertiary/aromatic N) is 5. The molecule has 1 saturated heterocycles. The van der Waals surface area contributed by atoms with Crippen molar-refractivity contribution in [1.82, 2.24) is 25.2 Å². The zero-order chi connectivity index (χ0) is 29.4. The zero-order valence-electron chi connectivity index (χ0n) is 24.0. The minimum Gasteiger partial charge on any atom is -0.481 e. The lowest BCUT2D eigenvalue weighted by Crippen LogP contribution is -2.49. The Morgan fingerprint density at radius 2 is 1.95 bits per heavy atom. The van der Waals surface area contributed by atoms with E-state index in [1.807, 2.05) is 36.1 Å². The van der Waals surface area contributed by atoms with E-state index in [-0.39, 0.29) is 18.5 Å². The van der Waals surface area contributed by atoms with Crippen LogP contribution in [0.1, 0.15) is 41.3 Å². The number of carboxylic acid groups (broad SMARTS) is 1. The molecule has 0 aliphatic carbocycles. The average molecular weight is 555 g/mol. The highest BCUT2D eigenvalue weighted by molar-refractivity contribution is 5.96. The lowest BCUT2D eigenvalue weighted by atomic mass is 9.96. The molecule has 10 nitrogen and oxygen atoms in total. The van der Waals surface area contributed by atoms with Gasteiger partial charge in [-0.05, 0) is 78.8 Å². The van der Waals surface area contributed by atoms with E-state index in [0.717, 1.165) is 45.1 Å². The van der Waals surface area contributed by atoms with Gasteiger partial charge in [-0.25, -0.2) is 19.7 Å². The van der Waals surface area contributed by atoms with Gasteiger partial charge in [0.05, 0.1) is 14.0 Å². The Bertz CT molecular complexity index is 1660. The van der Waals surface area contributed by atoms with Crippen LogP contribution in [0.5, 0.6) is 5.88 Å². The molecule has 2 aliphatic rings. The Hall–Kier alpha value is -4.73. The van der Waals surface area contributed by atoms with Crippen molar-refractivity contribution in [1.29, 1.82) is 0 Å². The van der Waals surface area contributed by atoms with Crippen molar-refractivity contribution in [2.24, 2.45) is 0 Å². The second-order valence-corrected chi connectivity index (χ2v) is 10.5. The number of aryl methyl sites for hydroxylation is 1. The van der Waals surface area contributed by atoms with E-state index < -0.39 is 12.6 Å². The Labute approximate surface area is 239 Å². The molecule has 6 rings (SSSR count). The molecule has 41 heavy (non-hydrogen) atoms. The lowest BCUT2D eigenvalue weighted by Gasteiger charge is -2.32. The number of amides is 2. The average Bonchev–Trinajstić information content (AvgIpc) is 3.01. The number of methoxy groups -OCH3 is 1. The van der Waals surface area contributed by atoms with E-state index >= 15 is 0 Å². The van der Waals surface area contributed by atoms with Crippen molar-refractivity contribution >= 4 is 28.7 Å². The highest BCUT2D eigenvalue weighted by atomic mass is 16.5. The number of pyridine rings is 1. The van der Waals surface area contributed by atoms with Gasteiger partial charge in [0.15, 0.2) is 0 Å². The molecule has 2 N–H and O–H groups in total. The van der Waals surface area contributed by atoms with Crippen LogP contribution >= 0.6 is 0 Å². The van der Waals surface area contributed by atoms with E-state index in [1.54, 1.807) is 25.4 Å². The number of anilines is 1. The molecule has 4 heterocycles. The minimum atomic E-state index is -0.972. The highest BCUT2D eigenvalue weighted by Crippen LogP contribution is 2.33. The number of aromatic nitrogens is 3. The van der Waals surface area contributed by atoms with Gasteiger partial charge < -0.3 is 25.0 Å².